The molecule has 0 atom stereocenters. The molecule has 1 saturated heterocycles. The first-order chi connectivity index (χ1) is 13.9. The lowest BCUT2D eigenvalue weighted by atomic mass is 10.0. The summed E-state index contributed by atoms with van der Waals surface area (Å²) in [6, 6.07) is 15.5. The lowest BCUT2D eigenvalue weighted by Gasteiger charge is -2.34. The normalized spacial score (nSPS) is 15.6. The third kappa shape index (κ3) is 3.68. The molecule has 4 rings (SSSR count). The summed E-state index contributed by atoms with van der Waals surface area (Å²) in [5, 5.41) is 11.9. The molecule has 6 nitrogen and oxygen atoms in total. The highest BCUT2D eigenvalue weighted by atomic mass is 32.2. The van der Waals surface area contributed by atoms with Gasteiger partial charge in [0.15, 0.2) is 0 Å². The molecule has 8 heteroatoms. The van der Waals surface area contributed by atoms with Crippen LogP contribution in [0, 0.1) is 5.82 Å². The minimum atomic E-state index is -3.83. The summed E-state index contributed by atoms with van der Waals surface area (Å²) < 4.78 is 40.1. The van der Waals surface area contributed by atoms with Crippen LogP contribution in [0.4, 0.5) is 4.39 Å². The molecule has 0 aromatic heterocycles. The van der Waals surface area contributed by atoms with Gasteiger partial charge in [0.05, 0.1) is 10.5 Å². The molecule has 1 heterocycles. The predicted octanol–water partition coefficient (Wildman–Crippen LogP) is 2.83. The Bertz CT molecular complexity index is 1190. The maximum Gasteiger partial charge on any atom is 0.257 e. The number of nitrogens with zero attached hydrogens (tertiary/aromatic N) is 2. The molecule has 3 aromatic rings. The van der Waals surface area contributed by atoms with Gasteiger partial charge in [0.2, 0.25) is 10.0 Å². The molecule has 1 N–H and O–H groups in total. The molecule has 0 radical (unpaired) electrons. The summed E-state index contributed by atoms with van der Waals surface area (Å²) in [6.45, 7) is 0.553. The number of benzene rings is 3. The summed E-state index contributed by atoms with van der Waals surface area (Å²) in [4.78, 5) is 14.3. The average molecular weight is 414 g/mol. The van der Waals surface area contributed by atoms with Crippen molar-refractivity contribution in [1.82, 2.24) is 9.21 Å². The van der Waals surface area contributed by atoms with E-state index in [9.17, 15) is 22.7 Å². The third-order valence-electron chi connectivity index (χ3n) is 5.05. The minimum absolute atomic E-state index is 0.0962. The number of halogens is 1. The number of hydrogen-bond donors (Lipinski definition) is 1. The van der Waals surface area contributed by atoms with E-state index in [0.29, 0.717) is 0 Å². The van der Waals surface area contributed by atoms with E-state index >= 15 is 0 Å². The van der Waals surface area contributed by atoms with Crippen molar-refractivity contribution in [3.05, 3.63) is 72.0 Å². The molecular weight excluding hydrogens is 395 g/mol. The molecule has 29 heavy (non-hydrogen) atoms. The Labute approximate surface area is 167 Å². The van der Waals surface area contributed by atoms with Crippen molar-refractivity contribution >= 4 is 26.7 Å². The SMILES string of the molecule is O=C(c1cc2ccccc2cc1O)N1CCN(S(=O)(=O)c2cccc(F)c2)CC1. The van der Waals surface area contributed by atoms with Gasteiger partial charge in [-0.3, -0.25) is 4.79 Å². The van der Waals surface area contributed by atoms with Crippen LogP contribution in [0.2, 0.25) is 0 Å². The van der Waals surface area contributed by atoms with E-state index in [1.54, 1.807) is 12.1 Å². The molecule has 1 aliphatic heterocycles. The van der Waals surface area contributed by atoms with Gasteiger partial charge in [-0.1, -0.05) is 30.3 Å². The number of rotatable bonds is 3. The van der Waals surface area contributed by atoms with Gasteiger partial charge in [0.1, 0.15) is 11.6 Å². The van der Waals surface area contributed by atoms with Gasteiger partial charge >= 0.3 is 0 Å². The maximum absolute atomic E-state index is 13.4. The van der Waals surface area contributed by atoms with Gasteiger partial charge in [-0.05, 0) is 41.1 Å². The van der Waals surface area contributed by atoms with Crippen LogP contribution in [-0.2, 0) is 10.0 Å². The molecule has 1 amide bonds. The lowest BCUT2D eigenvalue weighted by Crippen LogP contribution is -2.50. The summed E-state index contributed by atoms with van der Waals surface area (Å²) >= 11 is 0. The molecule has 0 bridgehead atoms. The molecule has 0 saturated carbocycles. The van der Waals surface area contributed by atoms with Gasteiger partial charge in [0.25, 0.3) is 5.91 Å². The average Bonchev–Trinajstić information content (AvgIpc) is 2.73. The number of sulfonamides is 1. The summed E-state index contributed by atoms with van der Waals surface area (Å²) in [6.07, 6.45) is 0. The number of piperazine rings is 1. The van der Waals surface area contributed by atoms with E-state index in [0.717, 1.165) is 16.8 Å². The van der Waals surface area contributed by atoms with Crippen molar-refractivity contribution in [2.45, 2.75) is 4.90 Å². The number of amides is 1. The fourth-order valence-electron chi connectivity index (χ4n) is 3.48. The van der Waals surface area contributed by atoms with Crippen molar-refractivity contribution in [2.75, 3.05) is 26.2 Å². The van der Waals surface area contributed by atoms with Gasteiger partial charge < -0.3 is 10.0 Å². The molecule has 0 spiro atoms. The lowest BCUT2D eigenvalue weighted by molar-refractivity contribution is 0.0695. The van der Waals surface area contributed by atoms with Crippen molar-refractivity contribution in [2.24, 2.45) is 0 Å². The molecule has 0 aliphatic carbocycles. The van der Waals surface area contributed by atoms with E-state index in [4.69, 9.17) is 0 Å². The van der Waals surface area contributed by atoms with Gasteiger partial charge in [0, 0.05) is 26.2 Å². The van der Waals surface area contributed by atoms with Crippen LogP contribution in [0.3, 0.4) is 0 Å². The van der Waals surface area contributed by atoms with Crippen LogP contribution in [0.5, 0.6) is 5.75 Å². The first-order valence-electron chi connectivity index (χ1n) is 9.13. The number of fused-ring (bicyclic) bond motifs is 1. The molecule has 150 valence electrons. The fourth-order valence-corrected chi connectivity index (χ4v) is 4.93. The van der Waals surface area contributed by atoms with Crippen molar-refractivity contribution in [3.8, 4) is 5.75 Å². The Morgan fingerprint density at radius 1 is 0.897 bits per heavy atom. The molecule has 1 fully saturated rings. The van der Waals surface area contributed by atoms with Crippen LogP contribution < -0.4 is 0 Å². The van der Waals surface area contributed by atoms with Crippen LogP contribution >= 0.6 is 0 Å². The van der Waals surface area contributed by atoms with Crippen molar-refractivity contribution in [1.29, 1.82) is 0 Å². The van der Waals surface area contributed by atoms with Gasteiger partial charge in [-0.25, -0.2) is 12.8 Å². The highest BCUT2D eigenvalue weighted by molar-refractivity contribution is 7.89. The quantitative estimate of drug-likeness (QED) is 0.715. The molecule has 3 aromatic carbocycles. The van der Waals surface area contributed by atoms with Crippen LogP contribution in [0.15, 0.2) is 65.6 Å². The van der Waals surface area contributed by atoms with E-state index in [1.165, 1.54) is 27.4 Å². The number of phenolic OH excluding ortho intramolecular Hbond substituents is 1. The number of phenols is 1. The summed E-state index contributed by atoms with van der Waals surface area (Å²) in [5.74, 6) is -1.08. The zero-order chi connectivity index (χ0) is 20.6. The summed E-state index contributed by atoms with van der Waals surface area (Å²) in [5.41, 5.74) is 0.185. The van der Waals surface area contributed by atoms with E-state index in [-0.39, 0.29) is 48.3 Å². The largest absolute Gasteiger partial charge is 0.507 e. The first kappa shape index (κ1) is 19.4. The highest BCUT2D eigenvalue weighted by Gasteiger charge is 2.31. The second-order valence-corrected chi connectivity index (χ2v) is 8.81. The maximum atomic E-state index is 13.4. The minimum Gasteiger partial charge on any atom is -0.507 e. The Balaban J connectivity index is 1.51. The van der Waals surface area contributed by atoms with Crippen LogP contribution in [0.1, 0.15) is 10.4 Å². The standard InChI is InChI=1S/C21H19FN2O4S/c22-17-6-3-7-18(14-17)29(27,28)24-10-8-23(9-11-24)21(26)19-12-15-4-1-2-5-16(15)13-20(19)25/h1-7,12-14,25H,8-11H2. The van der Waals surface area contributed by atoms with Gasteiger partial charge in [-0.15, -0.1) is 0 Å². The van der Waals surface area contributed by atoms with Crippen molar-refractivity contribution in [3.63, 3.8) is 0 Å². The number of carbonyl (C=O) groups is 1. The number of hydrogen-bond acceptors (Lipinski definition) is 4. The monoisotopic (exact) mass is 414 g/mol. The Hall–Kier alpha value is -2.97. The topological polar surface area (TPSA) is 77.9 Å². The second kappa shape index (κ2) is 7.46. The molecule has 1 aliphatic rings. The Morgan fingerprint density at radius 3 is 2.21 bits per heavy atom. The first-order valence-corrected chi connectivity index (χ1v) is 10.6. The fraction of sp³-hybridized carbons (Fsp3) is 0.190. The Kier molecular flexibility index (Phi) is 4.97. The molecule has 0 unspecified atom stereocenters. The van der Waals surface area contributed by atoms with Crippen LogP contribution in [-0.4, -0.2) is 54.8 Å². The van der Waals surface area contributed by atoms with E-state index in [2.05, 4.69) is 0 Å². The predicted molar refractivity (Wildman–Crippen MR) is 107 cm³/mol. The number of aromatic hydroxyl groups is 1. The van der Waals surface area contributed by atoms with Crippen LogP contribution in [0.25, 0.3) is 10.8 Å². The highest BCUT2D eigenvalue weighted by Crippen LogP contribution is 2.27. The molecular formula is C21H19FN2O4S. The van der Waals surface area contributed by atoms with E-state index in [1.807, 2.05) is 24.3 Å². The zero-order valence-electron chi connectivity index (χ0n) is 15.5. The summed E-state index contributed by atoms with van der Waals surface area (Å²) in [7, 11) is -3.83. The zero-order valence-corrected chi connectivity index (χ0v) is 16.3. The smallest absolute Gasteiger partial charge is 0.257 e. The van der Waals surface area contributed by atoms with E-state index < -0.39 is 15.8 Å². The van der Waals surface area contributed by atoms with Gasteiger partial charge in [-0.2, -0.15) is 4.31 Å². The second-order valence-electron chi connectivity index (χ2n) is 6.87. The van der Waals surface area contributed by atoms with Crippen molar-refractivity contribution < 1.29 is 22.7 Å². The number of carbonyl (C=O) groups excluding carboxylic acids is 1. The Morgan fingerprint density at radius 2 is 1.55 bits per heavy atom. The third-order valence-corrected chi connectivity index (χ3v) is 6.95.